The number of rotatable bonds is 10. The molecule has 0 aliphatic carbocycles. The number of Topliss-reactive ketones (excluding diaryl/α,β-unsaturated/α-hetero) is 1. The van der Waals surface area contributed by atoms with Crippen LogP contribution in [0, 0.1) is 5.82 Å². The van der Waals surface area contributed by atoms with Gasteiger partial charge in [0.2, 0.25) is 5.95 Å². The molecule has 1 atom stereocenters. The van der Waals surface area contributed by atoms with Crippen molar-refractivity contribution >= 4 is 33.9 Å². The number of ketones is 1. The maximum Gasteiger partial charge on any atom is 0.422 e. The van der Waals surface area contributed by atoms with Gasteiger partial charge in [0, 0.05) is 46.6 Å². The van der Waals surface area contributed by atoms with Crippen LogP contribution < -0.4 is 10.1 Å². The van der Waals surface area contributed by atoms with Gasteiger partial charge in [-0.25, -0.2) is 8.91 Å². The Hall–Kier alpha value is -4.58. The SMILES string of the molecule is C[S@@](=O)c1ccc(Nc2nc3ccc(-c4ccc(CC(=O)Cc5ccc(F)cc5)cc4)cn3n2)c(OCC(F)(F)F)c1. The van der Waals surface area contributed by atoms with E-state index in [1.807, 2.05) is 30.3 Å². The van der Waals surface area contributed by atoms with Crippen LogP contribution in [0.5, 0.6) is 5.75 Å². The highest BCUT2D eigenvalue weighted by Gasteiger charge is 2.29. The molecule has 0 fully saturated rings. The highest BCUT2D eigenvalue weighted by molar-refractivity contribution is 7.84. The topological polar surface area (TPSA) is 85.6 Å². The summed E-state index contributed by atoms with van der Waals surface area (Å²) in [6, 6.07) is 21.3. The summed E-state index contributed by atoms with van der Waals surface area (Å²) >= 11 is 0. The van der Waals surface area contributed by atoms with Gasteiger partial charge in [-0.3, -0.25) is 9.00 Å². The van der Waals surface area contributed by atoms with Crippen LogP contribution >= 0.6 is 0 Å². The Morgan fingerprint density at radius 3 is 2.21 bits per heavy atom. The number of hydrogen-bond donors (Lipinski definition) is 1. The van der Waals surface area contributed by atoms with E-state index in [1.54, 1.807) is 24.4 Å². The fourth-order valence-electron chi connectivity index (χ4n) is 4.23. The van der Waals surface area contributed by atoms with Crippen LogP contribution in [-0.4, -0.2) is 43.6 Å². The van der Waals surface area contributed by atoms with Gasteiger partial charge in [0.1, 0.15) is 17.3 Å². The molecule has 0 amide bonds. The molecular formula is C30H24F4N4O3S. The molecule has 5 rings (SSSR count). The molecule has 5 aromatic rings. The summed E-state index contributed by atoms with van der Waals surface area (Å²) in [5.74, 6) is -0.327. The smallest absolute Gasteiger partial charge is 0.422 e. The van der Waals surface area contributed by atoms with Gasteiger partial charge < -0.3 is 10.1 Å². The Morgan fingerprint density at radius 1 is 0.929 bits per heavy atom. The second-order valence-electron chi connectivity index (χ2n) is 9.51. The number of nitrogens with one attached hydrogen (secondary N) is 1. The number of halogens is 4. The molecule has 42 heavy (non-hydrogen) atoms. The third-order valence-electron chi connectivity index (χ3n) is 6.26. The fraction of sp³-hybridized carbons (Fsp3) is 0.167. The molecule has 0 spiro atoms. The Balaban J connectivity index is 1.29. The van der Waals surface area contributed by atoms with Crippen LogP contribution in [-0.2, 0) is 28.4 Å². The van der Waals surface area contributed by atoms with Crippen LogP contribution in [0.15, 0.2) is 90.0 Å². The number of nitrogens with zero attached hydrogens (tertiary/aromatic N) is 3. The van der Waals surface area contributed by atoms with E-state index in [0.717, 1.165) is 22.3 Å². The molecule has 12 heteroatoms. The predicted octanol–water partition coefficient (Wildman–Crippen LogP) is 6.31. The minimum atomic E-state index is -4.55. The van der Waals surface area contributed by atoms with Crippen LogP contribution in [0.4, 0.5) is 29.2 Å². The van der Waals surface area contributed by atoms with E-state index < -0.39 is 23.6 Å². The van der Waals surface area contributed by atoms with Crippen molar-refractivity contribution in [1.29, 1.82) is 0 Å². The largest absolute Gasteiger partial charge is 0.482 e. The normalized spacial score (nSPS) is 12.3. The average molecular weight is 597 g/mol. The van der Waals surface area contributed by atoms with E-state index in [9.17, 15) is 26.6 Å². The molecule has 3 aromatic carbocycles. The lowest BCUT2D eigenvalue weighted by Crippen LogP contribution is -2.19. The first-order valence-corrected chi connectivity index (χ1v) is 14.2. The molecule has 0 unspecified atom stereocenters. The van der Waals surface area contributed by atoms with Crippen LogP contribution in [0.2, 0.25) is 0 Å². The summed E-state index contributed by atoms with van der Waals surface area (Å²) < 4.78 is 69.8. The number of benzene rings is 3. The summed E-state index contributed by atoms with van der Waals surface area (Å²) in [4.78, 5) is 17.2. The Kier molecular flexibility index (Phi) is 8.34. The molecule has 0 aliphatic rings. The first kappa shape index (κ1) is 28.9. The monoisotopic (exact) mass is 596 g/mol. The van der Waals surface area contributed by atoms with E-state index in [4.69, 9.17) is 4.74 Å². The van der Waals surface area contributed by atoms with Crippen molar-refractivity contribution < 1.29 is 31.3 Å². The maximum absolute atomic E-state index is 13.1. The van der Waals surface area contributed by atoms with Gasteiger partial charge in [0.15, 0.2) is 12.3 Å². The molecule has 2 aromatic heterocycles. The van der Waals surface area contributed by atoms with Crippen molar-refractivity contribution in [2.75, 3.05) is 18.2 Å². The minimum Gasteiger partial charge on any atom is -0.482 e. The van der Waals surface area contributed by atoms with Gasteiger partial charge in [-0.1, -0.05) is 36.4 Å². The highest BCUT2D eigenvalue weighted by atomic mass is 32.2. The molecular weight excluding hydrogens is 572 g/mol. The minimum absolute atomic E-state index is 0.0166. The molecule has 216 valence electrons. The lowest BCUT2D eigenvalue weighted by atomic mass is 10.0. The van der Waals surface area contributed by atoms with Gasteiger partial charge in [-0.2, -0.15) is 18.2 Å². The quantitative estimate of drug-likeness (QED) is 0.190. The Bertz CT molecular complexity index is 1750. The average Bonchev–Trinajstić information content (AvgIpc) is 3.35. The van der Waals surface area contributed by atoms with E-state index in [0.29, 0.717) is 10.5 Å². The summed E-state index contributed by atoms with van der Waals surface area (Å²) in [7, 11) is -1.42. The van der Waals surface area contributed by atoms with Crippen molar-refractivity contribution in [3.8, 4) is 16.9 Å². The summed E-state index contributed by atoms with van der Waals surface area (Å²) in [5.41, 5.74) is 3.99. The molecule has 0 radical (unpaired) electrons. The number of fused-ring (bicyclic) bond motifs is 1. The Labute approximate surface area is 240 Å². The second kappa shape index (κ2) is 12.1. The number of pyridine rings is 1. The molecule has 0 aliphatic heterocycles. The zero-order valence-corrected chi connectivity index (χ0v) is 23.0. The number of carbonyl (C=O) groups excluding carboxylic acids is 1. The lowest BCUT2D eigenvalue weighted by Gasteiger charge is -2.14. The van der Waals surface area contributed by atoms with Gasteiger partial charge >= 0.3 is 6.18 Å². The summed E-state index contributed by atoms with van der Waals surface area (Å²) in [6.45, 7) is -1.51. The number of alkyl halides is 3. The Morgan fingerprint density at radius 2 is 1.57 bits per heavy atom. The van der Waals surface area contributed by atoms with E-state index in [-0.39, 0.29) is 41.8 Å². The number of anilines is 2. The zero-order valence-electron chi connectivity index (χ0n) is 22.2. The second-order valence-corrected chi connectivity index (χ2v) is 10.9. The lowest BCUT2D eigenvalue weighted by molar-refractivity contribution is -0.153. The first-order chi connectivity index (χ1) is 20.0. The standard InChI is InChI=1S/C30H24F4N4O3S/c1-42(40)25-11-12-26(27(16-25)41-18-30(32,33)34)35-29-36-28-13-8-22(17-38(28)37-29)21-6-2-19(3-7-21)14-24(39)15-20-4-9-23(31)10-5-20/h2-13,16-17H,14-15,18H2,1H3,(H,35,37)/t42-/m1/s1. The predicted molar refractivity (Wildman–Crippen MR) is 151 cm³/mol. The fourth-order valence-corrected chi connectivity index (χ4v) is 4.76. The van der Waals surface area contributed by atoms with Gasteiger partial charge in [-0.05, 0) is 59.2 Å². The number of ether oxygens (including phenoxy) is 1. The molecule has 0 bridgehead atoms. The van der Waals surface area contributed by atoms with Crippen LogP contribution in [0.25, 0.3) is 16.8 Å². The third kappa shape index (κ3) is 7.38. The summed E-state index contributed by atoms with van der Waals surface area (Å²) in [6.07, 6.45) is -0.903. The van der Waals surface area contributed by atoms with Crippen molar-refractivity contribution in [3.05, 3.63) is 102 Å². The molecule has 7 nitrogen and oxygen atoms in total. The molecule has 0 saturated heterocycles. The number of aromatic nitrogens is 3. The van der Waals surface area contributed by atoms with Gasteiger partial charge in [0.05, 0.1) is 5.69 Å². The summed E-state index contributed by atoms with van der Waals surface area (Å²) in [5, 5.41) is 7.28. The zero-order chi connectivity index (χ0) is 29.9. The number of hydrogen-bond acceptors (Lipinski definition) is 6. The first-order valence-electron chi connectivity index (χ1n) is 12.7. The molecule has 2 heterocycles. The van der Waals surface area contributed by atoms with Crippen molar-refractivity contribution in [2.24, 2.45) is 0 Å². The number of carbonyl (C=O) groups is 1. The van der Waals surface area contributed by atoms with Crippen molar-refractivity contribution in [2.45, 2.75) is 23.9 Å². The molecule has 0 saturated carbocycles. The third-order valence-corrected chi connectivity index (χ3v) is 7.17. The van der Waals surface area contributed by atoms with E-state index in [2.05, 4.69) is 15.4 Å². The van der Waals surface area contributed by atoms with Crippen molar-refractivity contribution in [1.82, 2.24) is 14.6 Å². The maximum atomic E-state index is 13.1. The van der Waals surface area contributed by atoms with Gasteiger partial charge in [-0.15, -0.1) is 5.10 Å². The van der Waals surface area contributed by atoms with Crippen molar-refractivity contribution in [3.63, 3.8) is 0 Å². The van der Waals surface area contributed by atoms with E-state index >= 15 is 0 Å². The highest BCUT2D eigenvalue weighted by Crippen LogP contribution is 2.31. The van der Waals surface area contributed by atoms with Crippen LogP contribution in [0.1, 0.15) is 11.1 Å². The molecule has 1 N–H and O–H groups in total. The van der Waals surface area contributed by atoms with Gasteiger partial charge in [0.25, 0.3) is 0 Å². The van der Waals surface area contributed by atoms with Crippen LogP contribution in [0.3, 0.4) is 0 Å². The van der Waals surface area contributed by atoms with E-state index in [1.165, 1.54) is 41.1 Å².